The number of carboxylic acid groups (broad SMARTS) is 1. The standard InChI is InChI=1S/C30H19F7N2O4/c31-24-8-6-20(29(32,33)34)13-23(24)27(11-12-27)16-28(43,10-9-17-1-3-18(4-2-17)25(40)41)26(42)39-21-7-5-19(15-38)22(14-21)30(35,36)37/h1-8,13-14,43H,11-12,16H2,(H,39,42)(H,40,41). The number of amides is 1. The smallest absolute Gasteiger partial charge is 0.417 e. The fourth-order valence-corrected chi connectivity index (χ4v) is 4.53. The van der Waals surface area contributed by atoms with Crippen LogP contribution in [0.25, 0.3) is 0 Å². The number of aliphatic hydroxyl groups is 1. The molecule has 222 valence electrons. The lowest BCUT2D eigenvalue weighted by molar-refractivity contribution is -0.138. The van der Waals surface area contributed by atoms with E-state index in [-0.39, 0.29) is 24.0 Å². The van der Waals surface area contributed by atoms with Gasteiger partial charge in [0.15, 0.2) is 0 Å². The molecule has 4 rings (SSSR count). The second-order valence-electron chi connectivity index (χ2n) is 9.97. The predicted molar refractivity (Wildman–Crippen MR) is 137 cm³/mol. The van der Waals surface area contributed by atoms with E-state index in [0.29, 0.717) is 24.3 Å². The number of carbonyl (C=O) groups excluding carboxylic acids is 1. The minimum atomic E-state index is -4.97. The van der Waals surface area contributed by atoms with Crippen molar-refractivity contribution in [2.24, 2.45) is 0 Å². The number of carbonyl (C=O) groups is 2. The number of carboxylic acids is 1. The Labute approximate surface area is 239 Å². The van der Waals surface area contributed by atoms with Crippen molar-refractivity contribution in [3.8, 4) is 17.9 Å². The molecule has 1 fully saturated rings. The van der Waals surface area contributed by atoms with E-state index in [4.69, 9.17) is 10.4 Å². The Balaban J connectivity index is 1.76. The highest BCUT2D eigenvalue weighted by atomic mass is 19.4. The fraction of sp³-hybridized carbons (Fsp3) is 0.233. The van der Waals surface area contributed by atoms with Crippen molar-refractivity contribution >= 4 is 17.6 Å². The number of alkyl halides is 6. The zero-order chi connectivity index (χ0) is 31.8. The summed E-state index contributed by atoms with van der Waals surface area (Å²) >= 11 is 0. The third-order valence-corrected chi connectivity index (χ3v) is 6.94. The minimum Gasteiger partial charge on any atom is -0.478 e. The van der Waals surface area contributed by atoms with Gasteiger partial charge in [-0.25, -0.2) is 9.18 Å². The molecule has 0 heterocycles. The number of nitrogens with one attached hydrogen (secondary N) is 1. The first-order valence-electron chi connectivity index (χ1n) is 12.4. The Kier molecular flexibility index (Phi) is 8.00. The van der Waals surface area contributed by atoms with Crippen molar-refractivity contribution in [3.63, 3.8) is 0 Å². The Hall–Kier alpha value is -4.88. The fourth-order valence-electron chi connectivity index (χ4n) is 4.53. The van der Waals surface area contributed by atoms with Crippen LogP contribution in [0.1, 0.15) is 57.4 Å². The van der Waals surface area contributed by atoms with E-state index < -0.39 is 75.4 Å². The zero-order valence-corrected chi connectivity index (χ0v) is 21.7. The summed E-state index contributed by atoms with van der Waals surface area (Å²) in [5.41, 5.74) is -8.40. The maximum atomic E-state index is 14.8. The summed E-state index contributed by atoms with van der Waals surface area (Å²) in [7, 11) is 0. The van der Waals surface area contributed by atoms with Gasteiger partial charge >= 0.3 is 18.3 Å². The van der Waals surface area contributed by atoms with E-state index in [9.17, 15) is 45.4 Å². The first kappa shape index (κ1) is 31.1. The van der Waals surface area contributed by atoms with Gasteiger partial charge in [-0.3, -0.25) is 4.79 Å². The van der Waals surface area contributed by atoms with Gasteiger partial charge in [-0.2, -0.15) is 31.6 Å². The van der Waals surface area contributed by atoms with Crippen LogP contribution in [-0.4, -0.2) is 27.7 Å². The highest BCUT2D eigenvalue weighted by molar-refractivity contribution is 6.00. The summed E-state index contributed by atoms with van der Waals surface area (Å²) in [6.07, 6.45) is -10.4. The van der Waals surface area contributed by atoms with Crippen LogP contribution < -0.4 is 5.32 Å². The quantitative estimate of drug-likeness (QED) is 0.227. The molecule has 3 aromatic carbocycles. The average molecular weight is 604 g/mol. The monoisotopic (exact) mass is 604 g/mol. The lowest BCUT2D eigenvalue weighted by Crippen LogP contribution is -2.44. The molecule has 0 saturated heterocycles. The van der Waals surface area contributed by atoms with Crippen molar-refractivity contribution < 1.29 is 50.5 Å². The number of hydrogen-bond acceptors (Lipinski definition) is 4. The predicted octanol–water partition coefficient (Wildman–Crippen LogP) is 6.28. The van der Waals surface area contributed by atoms with Crippen LogP contribution in [0.15, 0.2) is 60.7 Å². The maximum absolute atomic E-state index is 14.8. The number of nitrogens with zero attached hydrogens (tertiary/aromatic N) is 1. The number of aromatic carboxylic acids is 1. The lowest BCUT2D eigenvalue weighted by atomic mass is 9.81. The topological polar surface area (TPSA) is 110 Å². The Morgan fingerprint density at radius 2 is 1.58 bits per heavy atom. The first-order valence-corrected chi connectivity index (χ1v) is 12.4. The van der Waals surface area contributed by atoms with Gasteiger partial charge in [-0.05, 0) is 79.1 Å². The number of hydrogen-bond donors (Lipinski definition) is 3. The summed E-state index contributed by atoms with van der Waals surface area (Å²) < 4.78 is 95.3. The second-order valence-corrected chi connectivity index (χ2v) is 9.97. The molecule has 1 saturated carbocycles. The van der Waals surface area contributed by atoms with Gasteiger partial charge in [0.1, 0.15) is 5.82 Å². The van der Waals surface area contributed by atoms with Crippen molar-refractivity contribution in [3.05, 3.63) is 99.9 Å². The van der Waals surface area contributed by atoms with Crippen molar-refractivity contribution in [2.75, 3.05) is 5.32 Å². The Morgan fingerprint density at radius 1 is 0.930 bits per heavy atom. The number of benzene rings is 3. The minimum absolute atomic E-state index is 0.0604. The molecule has 1 unspecified atom stereocenters. The molecule has 0 aromatic heterocycles. The average Bonchev–Trinajstić information content (AvgIpc) is 3.71. The second kappa shape index (κ2) is 11.1. The summed E-state index contributed by atoms with van der Waals surface area (Å²) in [6, 6.07) is 10.2. The maximum Gasteiger partial charge on any atom is 0.417 e. The highest BCUT2D eigenvalue weighted by Crippen LogP contribution is 2.55. The van der Waals surface area contributed by atoms with Crippen LogP contribution in [-0.2, 0) is 22.6 Å². The highest BCUT2D eigenvalue weighted by Gasteiger charge is 2.54. The lowest BCUT2D eigenvalue weighted by Gasteiger charge is -2.28. The van der Waals surface area contributed by atoms with Crippen molar-refractivity contribution in [1.29, 1.82) is 5.26 Å². The molecule has 1 aliphatic carbocycles. The summed E-state index contributed by atoms with van der Waals surface area (Å²) in [5, 5.41) is 31.7. The zero-order valence-electron chi connectivity index (χ0n) is 21.7. The summed E-state index contributed by atoms with van der Waals surface area (Å²) in [5.74, 6) is 1.15. The molecule has 0 aliphatic heterocycles. The number of nitriles is 1. The number of anilines is 1. The van der Waals surface area contributed by atoms with E-state index in [0.717, 1.165) is 12.1 Å². The molecule has 13 heteroatoms. The van der Waals surface area contributed by atoms with Gasteiger partial charge in [-0.1, -0.05) is 11.8 Å². The molecular formula is C30H19F7N2O4. The summed E-state index contributed by atoms with van der Waals surface area (Å²) in [4.78, 5) is 24.5. The molecule has 0 spiro atoms. The van der Waals surface area contributed by atoms with E-state index in [1.54, 1.807) is 0 Å². The molecule has 1 atom stereocenters. The molecule has 0 bridgehead atoms. The number of halogens is 7. The van der Waals surface area contributed by atoms with Crippen LogP contribution in [0.5, 0.6) is 0 Å². The Morgan fingerprint density at radius 3 is 2.12 bits per heavy atom. The molecule has 6 nitrogen and oxygen atoms in total. The summed E-state index contributed by atoms with van der Waals surface area (Å²) in [6.45, 7) is 0. The van der Waals surface area contributed by atoms with Crippen LogP contribution in [0.2, 0.25) is 0 Å². The van der Waals surface area contributed by atoms with Crippen molar-refractivity contribution in [2.45, 2.75) is 42.6 Å². The van der Waals surface area contributed by atoms with Crippen LogP contribution in [0.3, 0.4) is 0 Å². The van der Waals surface area contributed by atoms with E-state index in [1.165, 1.54) is 30.3 Å². The first-order chi connectivity index (χ1) is 20.0. The van der Waals surface area contributed by atoms with Gasteiger partial charge in [-0.15, -0.1) is 0 Å². The molecule has 0 radical (unpaired) electrons. The molecule has 1 amide bonds. The van der Waals surface area contributed by atoms with Gasteiger partial charge in [0, 0.05) is 23.1 Å². The largest absolute Gasteiger partial charge is 0.478 e. The van der Waals surface area contributed by atoms with E-state index in [1.807, 2.05) is 0 Å². The molecule has 3 aromatic rings. The third-order valence-electron chi connectivity index (χ3n) is 6.94. The molecule has 1 aliphatic rings. The van der Waals surface area contributed by atoms with E-state index in [2.05, 4.69) is 17.2 Å². The van der Waals surface area contributed by atoms with Gasteiger partial charge in [0.25, 0.3) is 5.91 Å². The van der Waals surface area contributed by atoms with Crippen LogP contribution in [0, 0.1) is 29.0 Å². The van der Waals surface area contributed by atoms with Gasteiger partial charge < -0.3 is 15.5 Å². The van der Waals surface area contributed by atoms with Crippen LogP contribution >= 0.6 is 0 Å². The third kappa shape index (κ3) is 6.79. The normalized spacial score (nSPS) is 15.3. The van der Waals surface area contributed by atoms with Gasteiger partial charge in [0.2, 0.25) is 5.60 Å². The van der Waals surface area contributed by atoms with E-state index >= 15 is 0 Å². The van der Waals surface area contributed by atoms with Crippen molar-refractivity contribution in [1.82, 2.24) is 0 Å². The SMILES string of the molecule is N#Cc1ccc(NC(=O)C(O)(C#Cc2ccc(C(=O)O)cc2)CC2(c3cc(C(F)(F)F)ccc3F)CC2)cc1C(F)(F)F. The van der Waals surface area contributed by atoms with Crippen LogP contribution in [0.4, 0.5) is 36.4 Å². The number of rotatable bonds is 6. The molecule has 3 N–H and O–H groups in total. The van der Waals surface area contributed by atoms with Gasteiger partial charge in [0.05, 0.1) is 28.3 Å². The Bertz CT molecular complexity index is 1690. The molecule has 43 heavy (non-hydrogen) atoms. The molecular weight excluding hydrogens is 585 g/mol.